The summed E-state index contributed by atoms with van der Waals surface area (Å²) in [5, 5.41) is 23.2. The summed E-state index contributed by atoms with van der Waals surface area (Å²) < 4.78 is 0. The third-order valence-electron chi connectivity index (χ3n) is 4.36. The van der Waals surface area contributed by atoms with Gasteiger partial charge in [0.2, 0.25) is 5.95 Å². The Labute approximate surface area is 220 Å². The molecule has 170 valence electrons. The number of nitrogen functional groups attached to an aromatic ring is 1. The number of amides is 1. The van der Waals surface area contributed by atoms with Crippen LogP contribution in [-0.2, 0) is 16.1 Å². The minimum atomic E-state index is -1.31. The van der Waals surface area contributed by atoms with E-state index < -0.39 is 29.4 Å². The SMILES string of the molecule is Nc1nc2ncc(CNc3ccc(C(=O)N[C@@H](CCC(=O)O)C(=O)O)cc3)nc2c(=O)[nH]1.[Ca+2].[H+].[H-].[H-]. The van der Waals surface area contributed by atoms with Gasteiger partial charge in [-0.05, 0) is 30.7 Å². The molecule has 0 spiro atoms. The predicted octanol–water partition coefficient (Wildman–Crippen LogP) is -0.0881. The van der Waals surface area contributed by atoms with Crippen molar-refractivity contribution < 1.29 is 28.9 Å². The molecule has 0 saturated heterocycles. The van der Waals surface area contributed by atoms with Crippen LogP contribution in [0.4, 0.5) is 11.6 Å². The molecule has 33 heavy (non-hydrogen) atoms. The Kier molecular flexibility index (Phi) is 9.08. The largest absolute Gasteiger partial charge is 2.00 e. The van der Waals surface area contributed by atoms with E-state index in [-0.39, 0.29) is 84.1 Å². The number of hydrogen-bond donors (Lipinski definition) is 6. The standard InChI is InChI=1S/C19H19N7O6.Ca.2H/c20-19-25-15-14(17(30)26-19)23-11(8-22-15)7-21-10-3-1-9(2-4-10)16(29)24-12(18(31)32)5-6-13(27)28;;;/h1-4,8,12,21H,5-7H2,(H,24,29)(H,27,28)(H,31,32)(H3,20,22,25,26,30);;;/q;+2;2*-1/p+1/t12-;;;/m0.../s1. The molecule has 3 aromatic rings. The number of carbonyl (C=O) groups is 3. The molecule has 3 rings (SSSR count). The van der Waals surface area contributed by atoms with E-state index >= 15 is 0 Å². The van der Waals surface area contributed by atoms with E-state index in [2.05, 4.69) is 30.6 Å². The number of aromatic nitrogens is 4. The number of H-pyrrole nitrogens is 1. The number of nitrogens with two attached hydrogens (primary N) is 1. The number of hydrogen-bond acceptors (Lipinski definition) is 9. The van der Waals surface area contributed by atoms with E-state index in [0.717, 1.165) is 0 Å². The Morgan fingerprint density at radius 2 is 1.88 bits per heavy atom. The molecule has 0 aliphatic heterocycles. The molecular formula is C19H22CaN7O6+. The van der Waals surface area contributed by atoms with Gasteiger partial charge in [-0.1, -0.05) is 0 Å². The third-order valence-corrected chi connectivity index (χ3v) is 4.36. The Morgan fingerprint density at radius 1 is 1.18 bits per heavy atom. The normalized spacial score (nSPS) is 11.3. The van der Waals surface area contributed by atoms with Crippen LogP contribution in [0.2, 0.25) is 0 Å². The molecule has 1 amide bonds. The van der Waals surface area contributed by atoms with Crippen molar-refractivity contribution in [1.29, 1.82) is 0 Å². The van der Waals surface area contributed by atoms with Crippen LogP contribution in [0.5, 0.6) is 0 Å². The number of carboxylic acids is 2. The Balaban J connectivity index is 0. The zero-order valence-electron chi connectivity index (χ0n) is 20.2. The van der Waals surface area contributed by atoms with Crippen LogP contribution in [-0.4, -0.2) is 91.8 Å². The number of carboxylic acid groups (broad SMARTS) is 2. The second-order valence-corrected chi connectivity index (χ2v) is 6.71. The predicted molar refractivity (Wildman–Crippen MR) is 121 cm³/mol. The Morgan fingerprint density at radius 3 is 2.52 bits per heavy atom. The maximum absolute atomic E-state index is 12.3. The number of benzene rings is 1. The molecule has 0 saturated carbocycles. The van der Waals surface area contributed by atoms with Crippen molar-refractivity contribution in [1.82, 2.24) is 25.3 Å². The number of aliphatic carboxylic acids is 2. The van der Waals surface area contributed by atoms with Crippen LogP contribution in [0.15, 0.2) is 35.3 Å². The van der Waals surface area contributed by atoms with E-state index in [1.807, 2.05) is 0 Å². The quantitative estimate of drug-likeness (QED) is 0.221. The van der Waals surface area contributed by atoms with Gasteiger partial charge in [0.25, 0.3) is 11.5 Å². The van der Waals surface area contributed by atoms with Crippen LogP contribution in [0, 0.1) is 0 Å². The van der Waals surface area contributed by atoms with Gasteiger partial charge in [0.05, 0.1) is 18.4 Å². The van der Waals surface area contributed by atoms with Gasteiger partial charge in [0.1, 0.15) is 6.04 Å². The minimum absolute atomic E-state index is 0. The van der Waals surface area contributed by atoms with E-state index in [1.54, 1.807) is 12.1 Å². The van der Waals surface area contributed by atoms with Crippen molar-refractivity contribution >= 4 is 78.4 Å². The molecule has 1 atom stereocenters. The van der Waals surface area contributed by atoms with Gasteiger partial charge in [-0.15, -0.1) is 0 Å². The number of nitrogens with zero attached hydrogens (tertiary/aromatic N) is 3. The fraction of sp³-hybridized carbons (Fsp3) is 0.211. The number of fused-ring (bicyclic) bond motifs is 1. The Hall–Kier alpha value is -3.29. The number of anilines is 2. The molecule has 0 unspecified atom stereocenters. The van der Waals surface area contributed by atoms with Crippen LogP contribution in [0.1, 0.15) is 33.2 Å². The second-order valence-electron chi connectivity index (χ2n) is 6.71. The van der Waals surface area contributed by atoms with Gasteiger partial charge in [-0.2, -0.15) is 4.98 Å². The first kappa shape index (κ1) is 26.0. The minimum Gasteiger partial charge on any atom is -1.00 e. The zero-order chi connectivity index (χ0) is 23.3. The van der Waals surface area contributed by atoms with E-state index in [4.69, 9.17) is 15.9 Å². The fourth-order valence-corrected chi connectivity index (χ4v) is 2.75. The van der Waals surface area contributed by atoms with Gasteiger partial charge in [0, 0.05) is 17.7 Å². The number of rotatable bonds is 9. The Bertz CT molecular complexity index is 1250. The second kappa shape index (κ2) is 11.5. The first-order chi connectivity index (χ1) is 15.2. The number of carbonyl (C=O) groups excluding carboxylic acids is 1. The summed E-state index contributed by atoms with van der Waals surface area (Å²) in [6.45, 7) is 0.231. The molecular weight excluding hydrogens is 462 g/mol. The molecule has 0 fully saturated rings. The monoisotopic (exact) mass is 484 g/mol. The molecule has 0 bridgehead atoms. The molecule has 14 heteroatoms. The summed E-state index contributed by atoms with van der Waals surface area (Å²) in [6.07, 6.45) is 0.840. The fourth-order valence-electron chi connectivity index (χ4n) is 2.75. The van der Waals surface area contributed by atoms with Crippen molar-refractivity contribution in [2.75, 3.05) is 11.1 Å². The topological polar surface area (TPSA) is 213 Å². The first-order valence-corrected chi connectivity index (χ1v) is 9.33. The maximum atomic E-state index is 12.3. The van der Waals surface area contributed by atoms with Crippen molar-refractivity contribution in [2.45, 2.75) is 25.4 Å². The van der Waals surface area contributed by atoms with E-state index in [1.165, 1.54) is 18.3 Å². The molecule has 2 aromatic heterocycles. The van der Waals surface area contributed by atoms with Crippen molar-refractivity contribution in [3.8, 4) is 0 Å². The van der Waals surface area contributed by atoms with Crippen LogP contribution in [0.25, 0.3) is 11.2 Å². The van der Waals surface area contributed by atoms with Crippen molar-refractivity contribution in [3.05, 3.63) is 52.1 Å². The molecule has 7 N–H and O–H groups in total. The summed E-state index contributed by atoms with van der Waals surface area (Å²) in [5.74, 6) is -3.16. The van der Waals surface area contributed by atoms with Crippen LogP contribution >= 0.6 is 0 Å². The zero-order valence-corrected chi connectivity index (χ0v) is 19.4. The average molecular weight is 485 g/mol. The number of nitrogens with one attached hydrogen (secondary N) is 3. The maximum Gasteiger partial charge on any atom is 2.00 e. The summed E-state index contributed by atoms with van der Waals surface area (Å²) in [7, 11) is 0. The molecule has 13 nitrogen and oxygen atoms in total. The summed E-state index contributed by atoms with van der Waals surface area (Å²) in [5.41, 5.74) is 6.47. The smallest absolute Gasteiger partial charge is 1.00 e. The van der Waals surface area contributed by atoms with Gasteiger partial charge in [-0.3, -0.25) is 19.4 Å². The van der Waals surface area contributed by atoms with Gasteiger partial charge >= 0.3 is 51.1 Å². The first-order valence-electron chi connectivity index (χ1n) is 9.33. The van der Waals surface area contributed by atoms with Gasteiger partial charge in [-0.25, -0.2) is 14.8 Å². The molecule has 1 aromatic carbocycles. The molecule has 0 radical (unpaired) electrons. The summed E-state index contributed by atoms with van der Waals surface area (Å²) in [6, 6.07) is 4.86. The summed E-state index contributed by atoms with van der Waals surface area (Å²) in [4.78, 5) is 60.6. The summed E-state index contributed by atoms with van der Waals surface area (Å²) >= 11 is 0. The molecule has 0 aliphatic rings. The average Bonchev–Trinajstić information content (AvgIpc) is 2.75. The molecule has 2 heterocycles. The van der Waals surface area contributed by atoms with Crippen LogP contribution in [0.3, 0.4) is 0 Å². The number of aromatic amines is 1. The van der Waals surface area contributed by atoms with E-state index in [0.29, 0.717) is 11.4 Å². The van der Waals surface area contributed by atoms with Crippen molar-refractivity contribution in [3.63, 3.8) is 0 Å². The third kappa shape index (κ3) is 7.10. The van der Waals surface area contributed by atoms with E-state index in [9.17, 15) is 19.2 Å². The van der Waals surface area contributed by atoms with Crippen LogP contribution < -0.4 is 21.9 Å². The van der Waals surface area contributed by atoms with Gasteiger partial charge in [0.15, 0.2) is 11.2 Å². The molecule has 0 aliphatic carbocycles. The van der Waals surface area contributed by atoms with Crippen molar-refractivity contribution in [2.24, 2.45) is 0 Å². The van der Waals surface area contributed by atoms with Gasteiger partial charge < -0.3 is 29.4 Å².